The average Bonchev–Trinajstić information content (AvgIpc) is 3.26. The van der Waals surface area contributed by atoms with E-state index in [0.29, 0.717) is 39.3 Å². The van der Waals surface area contributed by atoms with Gasteiger partial charge in [-0.15, -0.1) is 11.3 Å². The Morgan fingerprint density at radius 1 is 1.11 bits per heavy atom. The van der Waals surface area contributed by atoms with E-state index in [9.17, 15) is 9.59 Å². The molecule has 2 aromatic carbocycles. The second-order valence-electron chi connectivity index (χ2n) is 8.29. The van der Waals surface area contributed by atoms with Gasteiger partial charge in [0.2, 0.25) is 0 Å². The number of aryl methyl sites for hydroxylation is 1. The van der Waals surface area contributed by atoms with Crippen molar-refractivity contribution in [3.63, 3.8) is 0 Å². The normalized spacial score (nSPS) is 12.6. The molecule has 194 valence electrons. The van der Waals surface area contributed by atoms with Gasteiger partial charge in [-0.05, 0) is 79.6 Å². The van der Waals surface area contributed by atoms with E-state index in [1.807, 2.05) is 24.3 Å². The first-order chi connectivity index (χ1) is 18.0. The zero-order chi connectivity index (χ0) is 26.2. The van der Waals surface area contributed by atoms with Gasteiger partial charge in [-0.1, -0.05) is 23.7 Å². The van der Waals surface area contributed by atoms with E-state index in [0.717, 1.165) is 41.7 Å². The minimum atomic E-state index is -0.546. The van der Waals surface area contributed by atoms with Crippen molar-refractivity contribution in [3.8, 4) is 11.5 Å². The molecule has 0 saturated heterocycles. The van der Waals surface area contributed by atoms with Crippen LogP contribution in [0.25, 0.3) is 0 Å². The Morgan fingerprint density at radius 2 is 1.89 bits per heavy atom. The second kappa shape index (κ2) is 12.6. The number of nitrogens with zero attached hydrogens (tertiary/aromatic N) is 1. The van der Waals surface area contributed by atoms with Gasteiger partial charge in [0.25, 0.3) is 0 Å². The van der Waals surface area contributed by atoms with E-state index < -0.39 is 12.0 Å². The van der Waals surface area contributed by atoms with Gasteiger partial charge in [-0.2, -0.15) is 5.10 Å². The Bertz CT molecular complexity index is 1290. The summed E-state index contributed by atoms with van der Waals surface area (Å²) in [5.41, 5.74) is 5.58. The van der Waals surface area contributed by atoms with Gasteiger partial charge in [-0.25, -0.2) is 15.0 Å². The highest BCUT2D eigenvalue weighted by molar-refractivity contribution is 7.17. The molecule has 0 aliphatic heterocycles. The smallest absolute Gasteiger partial charge is 0.341 e. The Labute approximate surface area is 224 Å². The van der Waals surface area contributed by atoms with Crippen LogP contribution in [0.1, 0.15) is 51.7 Å². The number of ether oxygens (including phenoxy) is 3. The predicted molar refractivity (Wildman–Crippen MR) is 145 cm³/mol. The molecule has 0 unspecified atom stereocenters. The maximum atomic E-state index is 12.6. The molecule has 8 nitrogen and oxygen atoms in total. The monoisotopic (exact) mass is 541 g/mol. The first-order valence-electron chi connectivity index (χ1n) is 12.0. The molecule has 0 radical (unpaired) electrons. The molecule has 2 N–H and O–H groups in total. The Hall–Kier alpha value is -3.56. The number of methoxy groups -OCH3 is 1. The lowest BCUT2D eigenvalue weighted by Gasteiger charge is -2.12. The van der Waals surface area contributed by atoms with Crippen molar-refractivity contribution in [1.29, 1.82) is 0 Å². The van der Waals surface area contributed by atoms with Crippen molar-refractivity contribution in [3.05, 3.63) is 74.6 Å². The number of nitrogens with one attached hydrogen (secondary N) is 2. The van der Waals surface area contributed by atoms with Crippen molar-refractivity contribution in [2.75, 3.05) is 19.0 Å². The molecule has 1 aliphatic carbocycles. The first kappa shape index (κ1) is 26.5. The van der Waals surface area contributed by atoms with Crippen LogP contribution in [0.2, 0.25) is 5.02 Å². The zero-order valence-electron chi connectivity index (χ0n) is 20.6. The topological polar surface area (TPSA) is 98.2 Å². The Balaban J connectivity index is 1.38. The Morgan fingerprint density at radius 3 is 2.65 bits per heavy atom. The molecule has 4 rings (SSSR count). The maximum Gasteiger partial charge on any atom is 0.341 e. The number of halogens is 1. The third-order valence-corrected chi connectivity index (χ3v) is 7.21. The molecule has 0 spiro atoms. The molecule has 2 amide bonds. The van der Waals surface area contributed by atoms with Crippen molar-refractivity contribution in [2.45, 2.75) is 39.2 Å². The molecule has 3 aromatic rings. The van der Waals surface area contributed by atoms with E-state index in [2.05, 4.69) is 15.8 Å². The summed E-state index contributed by atoms with van der Waals surface area (Å²) in [6.45, 7) is 2.40. The van der Waals surface area contributed by atoms with Gasteiger partial charge in [-0.3, -0.25) is 5.32 Å². The molecule has 0 saturated carbocycles. The van der Waals surface area contributed by atoms with E-state index in [1.165, 1.54) is 17.6 Å². The van der Waals surface area contributed by atoms with Gasteiger partial charge in [0.1, 0.15) is 11.6 Å². The number of carbonyl (C=O) groups excluding carboxylic acids is 2. The van der Waals surface area contributed by atoms with Crippen LogP contribution in [0.3, 0.4) is 0 Å². The number of hydrazone groups is 1. The lowest BCUT2D eigenvalue weighted by atomic mass is 9.95. The number of anilines is 1. The molecule has 1 aliphatic rings. The summed E-state index contributed by atoms with van der Waals surface area (Å²) in [7, 11) is 1.55. The van der Waals surface area contributed by atoms with Crippen molar-refractivity contribution < 1.29 is 23.8 Å². The fourth-order valence-electron chi connectivity index (χ4n) is 4.00. The lowest BCUT2D eigenvalue weighted by Crippen LogP contribution is -2.25. The molecule has 1 heterocycles. The van der Waals surface area contributed by atoms with E-state index in [-0.39, 0.29) is 6.61 Å². The quantitative estimate of drug-likeness (QED) is 0.191. The predicted octanol–water partition coefficient (Wildman–Crippen LogP) is 6.20. The number of hydrogen-bond donors (Lipinski definition) is 2. The minimum absolute atomic E-state index is 0.272. The molecule has 10 heteroatoms. The number of urea groups is 1. The van der Waals surface area contributed by atoms with Crippen LogP contribution in [0.4, 0.5) is 9.80 Å². The van der Waals surface area contributed by atoms with Crippen LogP contribution in [0.15, 0.2) is 47.6 Å². The summed E-state index contributed by atoms with van der Waals surface area (Å²) in [4.78, 5) is 26.2. The molecule has 0 bridgehead atoms. The van der Waals surface area contributed by atoms with Crippen LogP contribution in [0.5, 0.6) is 11.5 Å². The van der Waals surface area contributed by atoms with Crippen LogP contribution in [-0.4, -0.2) is 31.9 Å². The van der Waals surface area contributed by atoms with Crippen molar-refractivity contribution in [1.82, 2.24) is 5.43 Å². The van der Waals surface area contributed by atoms with Crippen LogP contribution < -0.4 is 20.2 Å². The van der Waals surface area contributed by atoms with Gasteiger partial charge in [0.05, 0.1) is 25.5 Å². The zero-order valence-corrected chi connectivity index (χ0v) is 22.2. The average molecular weight is 542 g/mol. The van der Waals surface area contributed by atoms with E-state index in [4.69, 9.17) is 25.8 Å². The maximum absolute atomic E-state index is 12.6. The lowest BCUT2D eigenvalue weighted by molar-refractivity contribution is 0.0526. The van der Waals surface area contributed by atoms with Gasteiger partial charge < -0.3 is 14.2 Å². The van der Waals surface area contributed by atoms with E-state index in [1.54, 1.807) is 32.2 Å². The first-order valence-corrected chi connectivity index (χ1v) is 13.1. The van der Waals surface area contributed by atoms with Crippen LogP contribution >= 0.6 is 22.9 Å². The molecular weight excluding hydrogens is 514 g/mol. The number of esters is 1. The molecule has 0 atom stereocenters. The standard InChI is InChI=1S/C27H28ClN3O5S/c1-3-35-26(32)24-20-6-4-5-7-23(20)37-25(24)30-27(33)31-29-15-18-10-13-21(22(14-18)34-2)36-16-17-8-11-19(28)12-9-17/h8-15H,3-7,16H2,1-2H3,(H2,30,31,33). The van der Waals surface area contributed by atoms with Gasteiger partial charge >= 0.3 is 12.0 Å². The number of amides is 2. The van der Waals surface area contributed by atoms with Gasteiger partial charge in [0.15, 0.2) is 11.5 Å². The highest BCUT2D eigenvalue weighted by atomic mass is 35.5. The fraction of sp³-hybridized carbons (Fsp3) is 0.296. The highest BCUT2D eigenvalue weighted by Crippen LogP contribution is 2.38. The van der Waals surface area contributed by atoms with Crippen LogP contribution in [0, 0.1) is 0 Å². The summed E-state index contributed by atoms with van der Waals surface area (Å²) in [6, 6.07) is 12.2. The molecule has 1 aromatic heterocycles. The van der Waals surface area contributed by atoms with Crippen molar-refractivity contribution >= 4 is 46.2 Å². The Kier molecular flexibility index (Phi) is 9.03. The number of carbonyl (C=O) groups is 2. The number of fused-ring (bicyclic) bond motifs is 1. The van der Waals surface area contributed by atoms with Crippen molar-refractivity contribution in [2.24, 2.45) is 5.10 Å². The third kappa shape index (κ3) is 6.81. The number of hydrogen-bond acceptors (Lipinski definition) is 7. The minimum Gasteiger partial charge on any atom is -0.493 e. The number of benzene rings is 2. The third-order valence-electron chi connectivity index (χ3n) is 5.75. The van der Waals surface area contributed by atoms with Gasteiger partial charge in [0, 0.05) is 9.90 Å². The number of rotatable bonds is 9. The summed E-state index contributed by atoms with van der Waals surface area (Å²) in [5, 5.41) is 7.95. The molecule has 0 fully saturated rings. The SMILES string of the molecule is CCOC(=O)c1c(NC(=O)NN=Cc2ccc(OCc3ccc(Cl)cc3)c(OC)c2)sc2c1CCCC2. The summed E-state index contributed by atoms with van der Waals surface area (Å²) in [5.74, 6) is 0.699. The summed E-state index contributed by atoms with van der Waals surface area (Å²) < 4.78 is 16.5. The molecular formula is C27H28ClN3O5S. The molecule has 37 heavy (non-hydrogen) atoms. The number of thiophene rings is 1. The fourth-order valence-corrected chi connectivity index (χ4v) is 5.39. The van der Waals surface area contributed by atoms with E-state index >= 15 is 0 Å². The largest absolute Gasteiger partial charge is 0.493 e. The highest BCUT2D eigenvalue weighted by Gasteiger charge is 2.27. The van der Waals surface area contributed by atoms with Crippen LogP contribution in [-0.2, 0) is 24.2 Å². The second-order valence-corrected chi connectivity index (χ2v) is 9.83. The summed E-state index contributed by atoms with van der Waals surface area (Å²) >= 11 is 7.35. The summed E-state index contributed by atoms with van der Waals surface area (Å²) in [6.07, 6.45) is 5.29.